The molecule has 0 bridgehead atoms. The lowest BCUT2D eigenvalue weighted by molar-refractivity contribution is 0.0696. The van der Waals surface area contributed by atoms with Gasteiger partial charge in [-0.05, 0) is 18.1 Å². The van der Waals surface area contributed by atoms with Gasteiger partial charge in [0.15, 0.2) is 5.03 Å². The number of carbonyl (C=O) groups is 1. The number of nitrogens with zero attached hydrogens (tertiary/aromatic N) is 1. The first-order valence-electron chi connectivity index (χ1n) is 5.60. The van der Waals surface area contributed by atoms with Crippen LogP contribution in [0.15, 0.2) is 23.4 Å². The lowest BCUT2D eigenvalue weighted by atomic mass is 10.1. The number of aliphatic hydroxyl groups is 1. The predicted molar refractivity (Wildman–Crippen MR) is 67.2 cm³/mol. The number of pyridine rings is 1. The fourth-order valence-corrected chi connectivity index (χ4v) is 2.61. The zero-order valence-corrected chi connectivity index (χ0v) is 11.4. The van der Waals surface area contributed by atoms with Gasteiger partial charge in [-0.1, -0.05) is 13.8 Å². The fraction of sp³-hybridized carbons (Fsp3) is 0.455. The molecule has 7 nitrogen and oxygen atoms in total. The zero-order chi connectivity index (χ0) is 14.6. The Morgan fingerprint density at radius 1 is 1.42 bits per heavy atom. The van der Waals surface area contributed by atoms with E-state index in [9.17, 15) is 13.2 Å². The third-order valence-electron chi connectivity index (χ3n) is 2.57. The van der Waals surface area contributed by atoms with Crippen molar-refractivity contribution in [2.75, 3.05) is 6.61 Å². The van der Waals surface area contributed by atoms with Crippen molar-refractivity contribution in [1.29, 1.82) is 0 Å². The molecule has 0 amide bonds. The van der Waals surface area contributed by atoms with E-state index in [4.69, 9.17) is 10.2 Å². The molecule has 19 heavy (non-hydrogen) atoms. The number of nitrogens with one attached hydrogen (secondary N) is 1. The number of carboxylic acid groups (broad SMARTS) is 1. The van der Waals surface area contributed by atoms with E-state index in [-0.39, 0.29) is 23.1 Å². The number of hydrogen-bond acceptors (Lipinski definition) is 5. The second kappa shape index (κ2) is 6.09. The first kappa shape index (κ1) is 15.5. The molecule has 1 atom stereocenters. The highest BCUT2D eigenvalue weighted by atomic mass is 32.2. The average Bonchev–Trinajstić information content (AvgIpc) is 2.35. The average molecular weight is 288 g/mol. The monoisotopic (exact) mass is 288 g/mol. The number of aliphatic hydroxyl groups excluding tert-OH is 1. The van der Waals surface area contributed by atoms with Gasteiger partial charge in [-0.3, -0.25) is 0 Å². The SMILES string of the molecule is CC(C)C(CO)NS(=O)(=O)c1ccc(C(=O)O)cn1. The largest absolute Gasteiger partial charge is 0.478 e. The Morgan fingerprint density at radius 3 is 2.42 bits per heavy atom. The lowest BCUT2D eigenvalue weighted by Crippen LogP contribution is -2.41. The van der Waals surface area contributed by atoms with E-state index >= 15 is 0 Å². The van der Waals surface area contributed by atoms with E-state index in [2.05, 4.69) is 9.71 Å². The maximum Gasteiger partial charge on any atom is 0.337 e. The molecular weight excluding hydrogens is 272 g/mol. The minimum atomic E-state index is -3.87. The van der Waals surface area contributed by atoms with Gasteiger partial charge in [-0.2, -0.15) is 0 Å². The molecular formula is C11H16N2O5S. The molecule has 0 saturated heterocycles. The third-order valence-corrected chi connectivity index (χ3v) is 3.97. The zero-order valence-electron chi connectivity index (χ0n) is 10.6. The number of carboxylic acids is 1. The van der Waals surface area contributed by atoms with E-state index in [0.29, 0.717) is 0 Å². The van der Waals surface area contributed by atoms with Crippen molar-refractivity contribution in [3.8, 4) is 0 Å². The minimum Gasteiger partial charge on any atom is -0.478 e. The topological polar surface area (TPSA) is 117 Å². The van der Waals surface area contributed by atoms with Crippen molar-refractivity contribution < 1.29 is 23.4 Å². The van der Waals surface area contributed by atoms with Crippen molar-refractivity contribution >= 4 is 16.0 Å². The summed E-state index contributed by atoms with van der Waals surface area (Å²) in [5.74, 6) is -1.27. The molecule has 0 radical (unpaired) electrons. The normalized spacial score (nSPS) is 13.5. The summed E-state index contributed by atoms with van der Waals surface area (Å²) in [4.78, 5) is 14.2. The van der Waals surface area contributed by atoms with Crippen LogP contribution in [0.2, 0.25) is 0 Å². The number of sulfonamides is 1. The molecule has 3 N–H and O–H groups in total. The Labute approximate surface area is 111 Å². The summed E-state index contributed by atoms with van der Waals surface area (Å²) in [7, 11) is -3.87. The van der Waals surface area contributed by atoms with Gasteiger partial charge in [0, 0.05) is 12.2 Å². The van der Waals surface area contributed by atoms with E-state index in [1.165, 1.54) is 0 Å². The summed E-state index contributed by atoms with van der Waals surface area (Å²) in [5, 5.41) is 17.5. The Kier molecular flexibility index (Phi) is 4.98. The molecule has 0 aliphatic rings. The van der Waals surface area contributed by atoms with Crippen LogP contribution in [0.4, 0.5) is 0 Å². The summed E-state index contributed by atoms with van der Waals surface area (Å²) in [5.41, 5.74) is -0.0958. The van der Waals surface area contributed by atoms with Crippen molar-refractivity contribution in [3.63, 3.8) is 0 Å². The lowest BCUT2D eigenvalue weighted by Gasteiger charge is -2.19. The van der Waals surface area contributed by atoms with Crippen LogP contribution in [0.1, 0.15) is 24.2 Å². The van der Waals surface area contributed by atoms with Crippen LogP contribution in [0, 0.1) is 5.92 Å². The molecule has 8 heteroatoms. The second-order valence-corrected chi connectivity index (χ2v) is 6.01. The third kappa shape index (κ3) is 3.98. The molecule has 0 spiro atoms. The van der Waals surface area contributed by atoms with E-state index in [1.54, 1.807) is 13.8 Å². The molecule has 0 aliphatic heterocycles. The standard InChI is InChI=1S/C11H16N2O5S/c1-7(2)9(6-14)13-19(17,18)10-4-3-8(5-12-10)11(15)16/h3-5,7,9,13-14H,6H2,1-2H3,(H,15,16). The molecule has 0 saturated carbocycles. The number of rotatable bonds is 6. The Balaban J connectivity index is 2.97. The van der Waals surface area contributed by atoms with Crippen molar-refractivity contribution in [2.45, 2.75) is 24.9 Å². The van der Waals surface area contributed by atoms with Gasteiger partial charge in [0.05, 0.1) is 12.2 Å². The van der Waals surface area contributed by atoms with Crippen molar-refractivity contribution in [1.82, 2.24) is 9.71 Å². The van der Waals surface area contributed by atoms with Gasteiger partial charge < -0.3 is 10.2 Å². The smallest absolute Gasteiger partial charge is 0.337 e. The van der Waals surface area contributed by atoms with Crippen LogP contribution in [0.5, 0.6) is 0 Å². The fourth-order valence-electron chi connectivity index (χ4n) is 1.31. The Bertz CT molecular complexity index is 539. The van der Waals surface area contributed by atoms with Crippen LogP contribution in [-0.2, 0) is 10.0 Å². The Hall–Kier alpha value is -1.51. The van der Waals surface area contributed by atoms with Gasteiger partial charge in [0.25, 0.3) is 10.0 Å². The highest BCUT2D eigenvalue weighted by Crippen LogP contribution is 2.10. The van der Waals surface area contributed by atoms with Gasteiger partial charge in [-0.25, -0.2) is 22.9 Å². The number of aromatic nitrogens is 1. The van der Waals surface area contributed by atoms with E-state index < -0.39 is 22.0 Å². The van der Waals surface area contributed by atoms with Crippen molar-refractivity contribution in [2.24, 2.45) is 5.92 Å². The van der Waals surface area contributed by atoms with Gasteiger partial charge >= 0.3 is 5.97 Å². The molecule has 1 heterocycles. The number of aromatic carboxylic acids is 1. The van der Waals surface area contributed by atoms with E-state index in [1.807, 2.05) is 0 Å². The summed E-state index contributed by atoms with van der Waals surface area (Å²) >= 11 is 0. The van der Waals surface area contributed by atoms with Crippen LogP contribution in [0.25, 0.3) is 0 Å². The molecule has 1 unspecified atom stereocenters. The summed E-state index contributed by atoms with van der Waals surface area (Å²) in [6, 6.07) is 1.65. The highest BCUT2D eigenvalue weighted by molar-refractivity contribution is 7.89. The molecule has 0 aliphatic carbocycles. The van der Waals surface area contributed by atoms with Gasteiger partial charge in [0.1, 0.15) is 0 Å². The molecule has 1 rings (SSSR count). The van der Waals surface area contributed by atoms with Crippen LogP contribution in [-0.4, -0.2) is 42.2 Å². The van der Waals surface area contributed by atoms with Gasteiger partial charge in [0.2, 0.25) is 0 Å². The minimum absolute atomic E-state index is 0.0851. The van der Waals surface area contributed by atoms with Crippen molar-refractivity contribution in [3.05, 3.63) is 23.9 Å². The molecule has 0 aromatic carbocycles. The maximum absolute atomic E-state index is 12.0. The summed E-state index contributed by atoms with van der Waals surface area (Å²) in [6.45, 7) is 3.21. The summed E-state index contributed by atoms with van der Waals surface area (Å²) < 4.78 is 26.2. The highest BCUT2D eigenvalue weighted by Gasteiger charge is 2.23. The van der Waals surface area contributed by atoms with Crippen LogP contribution >= 0.6 is 0 Å². The van der Waals surface area contributed by atoms with Crippen LogP contribution < -0.4 is 4.72 Å². The number of hydrogen-bond donors (Lipinski definition) is 3. The van der Waals surface area contributed by atoms with Gasteiger partial charge in [-0.15, -0.1) is 0 Å². The maximum atomic E-state index is 12.0. The predicted octanol–water partition coefficient (Wildman–Crippen LogP) is 0.0750. The Morgan fingerprint density at radius 2 is 2.05 bits per heavy atom. The summed E-state index contributed by atoms with van der Waals surface area (Å²) in [6.07, 6.45) is 0.972. The van der Waals surface area contributed by atoms with E-state index in [0.717, 1.165) is 18.3 Å². The molecule has 0 fully saturated rings. The first-order valence-corrected chi connectivity index (χ1v) is 7.08. The molecule has 1 aromatic rings. The van der Waals surface area contributed by atoms with Crippen LogP contribution in [0.3, 0.4) is 0 Å². The first-order chi connectivity index (χ1) is 8.77. The molecule has 1 aromatic heterocycles. The second-order valence-electron chi connectivity index (χ2n) is 4.34. The molecule has 106 valence electrons. The quantitative estimate of drug-likeness (QED) is 0.682.